The Balaban J connectivity index is 2.05. The van der Waals surface area contributed by atoms with E-state index in [-0.39, 0.29) is 11.9 Å². The molecule has 0 bridgehead atoms. The number of thiophene rings is 1. The number of hydrogen-bond acceptors (Lipinski definition) is 3. The Kier molecular flexibility index (Phi) is 5.39. The molecule has 0 saturated carbocycles. The molecule has 1 aromatic carbocycles. The van der Waals surface area contributed by atoms with Crippen LogP contribution in [0.5, 0.6) is 5.75 Å². The number of carbonyl (C=O) groups is 1. The summed E-state index contributed by atoms with van der Waals surface area (Å²) in [6, 6.07) is 10.1. The summed E-state index contributed by atoms with van der Waals surface area (Å²) in [6.45, 7) is 4.10. The predicted octanol–water partition coefficient (Wildman–Crippen LogP) is 3.88. The lowest BCUT2D eigenvalue weighted by Crippen LogP contribution is -2.29. The van der Waals surface area contributed by atoms with E-state index in [0.29, 0.717) is 6.42 Å². The molecule has 2 rings (SSSR count). The van der Waals surface area contributed by atoms with Crippen molar-refractivity contribution in [2.75, 3.05) is 7.11 Å². The molecule has 1 amide bonds. The number of benzene rings is 1. The molecular weight excluding hydrogens is 282 g/mol. The fraction of sp³-hybridized carbons (Fsp3) is 0.353. The van der Waals surface area contributed by atoms with E-state index in [9.17, 15) is 4.79 Å². The number of nitrogens with one attached hydrogen (secondary N) is 1. The predicted molar refractivity (Wildman–Crippen MR) is 86.9 cm³/mol. The molecule has 1 atom stereocenters. The van der Waals surface area contributed by atoms with E-state index in [1.807, 2.05) is 36.6 Å². The first-order valence-corrected chi connectivity index (χ1v) is 7.98. The average molecular weight is 303 g/mol. The largest absolute Gasteiger partial charge is 0.496 e. The van der Waals surface area contributed by atoms with Gasteiger partial charge < -0.3 is 10.1 Å². The standard InChI is InChI=1S/C17H21NO2S/c1-4-15(13-7-8-16(20-3)12(2)10-13)18-17(19)11-14-6-5-9-21-14/h5-10,15H,4,11H2,1-3H3,(H,18,19). The summed E-state index contributed by atoms with van der Waals surface area (Å²) in [6.07, 6.45) is 1.31. The Bertz CT molecular complexity index is 593. The summed E-state index contributed by atoms with van der Waals surface area (Å²) in [5.41, 5.74) is 2.20. The fourth-order valence-electron chi connectivity index (χ4n) is 2.36. The minimum atomic E-state index is 0.0436. The molecule has 4 heteroatoms. The van der Waals surface area contributed by atoms with Crippen LogP contribution in [0.3, 0.4) is 0 Å². The molecule has 21 heavy (non-hydrogen) atoms. The molecule has 1 unspecified atom stereocenters. The van der Waals surface area contributed by atoms with E-state index < -0.39 is 0 Å². The molecule has 0 aliphatic rings. The first kappa shape index (κ1) is 15.6. The van der Waals surface area contributed by atoms with E-state index in [0.717, 1.165) is 28.2 Å². The highest BCUT2D eigenvalue weighted by atomic mass is 32.1. The number of ether oxygens (including phenoxy) is 1. The zero-order valence-corrected chi connectivity index (χ0v) is 13.5. The summed E-state index contributed by atoms with van der Waals surface area (Å²) in [4.78, 5) is 13.2. The lowest BCUT2D eigenvalue weighted by molar-refractivity contribution is -0.121. The summed E-state index contributed by atoms with van der Waals surface area (Å²) in [5.74, 6) is 0.941. The molecule has 0 radical (unpaired) electrons. The van der Waals surface area contributed by atoms with Crippen LogP contribution >= 0.6 is 11.3 Å². The summed E-state index contributed by atoms with van der Waals surface area (Å²) in [5, 5.41) is 5.11. The highest BCUT2D eigenvalue weighted by Gasteiger charge is 2.14. The number of carbonyl (C=O) groups excluding carboxylic acids is 1. The first-order valence-electron chi connectivity index (χ1n) is 7.10. The van der Waals surface area contributed by atoms with Crippen LogP contribution in [-0.2, 0) is 11.2 Å². The molecule has 0 saturated heterocycles. The molecule has 112 valence electrons. The third-order valence-corrected chi connectivity index (χ3v) is 4.36. The number of amides is 1. The number of aryl methyl sites for hydroxylation is 1. The molecule has 2 aromatic rings. The van der Waals surface area contributed by atoms with Gasteiger partial charge in [-0.05, 0) is 42.0 Å². The van der Waals surface area contributed by atoms with E-state index in [4.69, 9.17) is 4.74 Å². The van der Waals surface area contributed by atoms with Crippen LogP contribution in [0.15, 0.2) is 35.7 Å². The van der Waals surface area contributed by atoms with Crippen molar-refractivity contribution in [1.82, 2.24) is 5.32 Å². The van der Waals surface area contributed by atoms with Crippen molar-refractivity contribution in [3.05, 3.63) is 51.7 Å². The smallest absolute Gasteiger partial charge is 0.225 e. The van der Waals surface area contributed by atoms with Crippen molar-refractivity contribution in [2.45, 2.75) is 32.7 Å². The van der Waals surface area contributed by atoms with E-state index in [1.54, 1.807) is 18.4 Å². The van der Waals surface area contributed by atoms with Crippen LogP contribution in [0.1, 0.15) is 35.4 Å². The van der Waals surface area contributed by atoms with Gasteiger partial charge in [0.25, 0.3) is 0 Å². The maximum atomic E-state index is 12.1. The molecule has 0 aliphatic heterocycles. The normalized spacial score (nSPS) is 12.0. The van der Waals surface area contributed by atoms with Gasteiger partial charge in [0.15, 0.2) is 0 Å². The highest BCUT2D eigenvalue weighted by molar-refractivity contribution is 7.10. The maximum Gasteiger partial charge on any atom is 0.225 e. The van der Waals surface area contributed by atoms with Crippen LogP contribution in [0, 0.1) is 6.92 Å². The number of rotatable bonds is 6. The van der Waals surface area contributed by atoms with Crippen LogP contribution in [0.2, 0.25) is 0 Å². The van der Waals surface area contributed by atoms with Gasteiger partial charge in [0, 0.05) is 4.88 Å². The second-order valence-electron chi connectivity index (χ2n) is 5.01. The molecule has 1 aromatic heterocycles. The van der Waals surface area contributed by atoms with Gasteiger partial charge in [0.1, 0.15) is 5.75 Å². The lowest BCUT2D eigenvalue weighted by atomic mass is 10.0. The molecule has 1 heterocycles. The fourth-order valence-corrected chi connectivity index (χ4v) is 3.06. The average Bonchev–Trinajstić information content (AvgIpc) is 2.97. The third-order valence-electron chi connectivity index (χ3n) is 3.48. The quantitative estimate of drug-likeness (QED) is 0.879. The summed E-state index contributed by atoms with van der Waals surface area (Å²) < 4.78 is 5.28. The topological polar surface area (TPSA) is 38.3 Å². The maximum absolute atomic E-state index is 12.1. The molecule has 3 nitrogen and oxygen atoms in total. The van der Waals surface area contributed by atoms with Crippen LogP contribution in [0.25, 0.3) is 0 Å². The van der Waals surface area contributed by atoms with E-state index >= 15 is 0 Å². The summed E-state index contributed by atoms with van der Waals surface area (Å²) >= 11 is 1.61. The van der Waals surface area contributed by atoms with Crippen molar-refractivity contribution in [2.24, 2.45) is 0 Å². The highest BCUT2D eigenvalue weighted by Crippen LogP contribution is 2.24. The second kappa shape index (κ2) is 7.27. The van der Waals surface area contributed by atoms with Gasteiger partial charge >= 0.3 is 0 Å². The second-order valence-corrected chi connectivity index (χ2v) is 6.05. The molecule has 0 aliphatic carbocycles. The number of methoxy groups -OCH3 is 1. The molecular formula is C17H21NO2S. The van der Waals surface area contributed by atoms with Gasteiger partial charge in [-0.25, -0.2) is 0 Å². The van der Waals surface area contributed by atoms with Gasteiger partial charge in [-0.3, -0.25) is 4.79 Å². The molecule has 1 N–H and O–H groups in total. The van der Waals surface area contributed by atoms with Gasteiger partial charge in [0.2, 0.25) is 5.91 Å². The minimum absolute atomic E-state index is 0.0436. The SMILES string of the molecule is CCC(NC(=O)Cc1cccs1)c1ccc(OC)c(C)c1. The molecule has 0 spiro atoms. The summed E-state index contributed by atoms with van der Waals surface area (Å²) in [7, 11) is 1.67. The van der Waals surface area contributed by atoms with Crippen LogP contribution in [0.4, 0.5) is 0 Å². The van der Waals surface area contributed by atoms with Gasteiger partial charge in [-0.1, -0.05) is 25.1 Å². The Labute approximate surface area is 130 Å². The lowest BCUT2D eigenvalue weighted by Gasteiger charge is -2.18. The van der Waals surface area contributed by atoms with Crippen molar-refractivity contribution < 1.29 is 9.53 Å². The van der Waals surface area contributed by atoms with Crippen molar-refractivity contribution in [1.29, 1.82) is 0 Å². The van der Waals surface area contributed by atoms with E-state index in [1.165, 1.54) is 0 Å². The third kappa shape index (κ3) is 4.08. The minimum Gasteiger partial charge on any atom is -0.496 e. The van der Waals surface area contributed by atoms with Crippen LogP contribution < -0.4 is 10.1 Å². The van der Waals surface area contributed by atoms with E-state index in [2.05, 4.69) is 18.3 Å². The Morgan fingerprint density at radius 2 is 2.19 bits per heavy atom. The zero-order chi connectivity index (χ0) is 15.2. The van der Waals surface area contributed by atoms with Crippen molar-refractivity contribution in [3.8, 4) is 5.75 Å². The number of hydrogen-bond donors (Lipinski definition) is 1. The first-order chi connectivity index (χ1) is 10.1. The monoisotopic (exact) mass is 303 g/mol. The molecule has 0 fully saturated rings. The van der Waals surface area contributed by atoms with Gasteiger partial charge in [-0.15, -0.1) is 11.3 Å². The van der Waals surface area contributed by atoms with Gasteiger partial charge in [0.05, 0.1) is 19.6 Å². The van der Waals surface area contributed by atoms with Crippen molar-refractivity contribution in [3.63, 3.8) is 0 Å². The Hall–Kier alpha value is -1.81. The zero-order valence-electron chi connectivity index (χ0n) is 12.7. The van der Waals surface area contributed by atoms with Crippen LogP contribution in [-0.4, -0.2) is 13.0 Å². The Morgan fingerprint density at radius 3 is 2.76 bits per heavy atom. The Morgan fingerprint density at radius 1 is 1.38 bits per heavy atom. The van der Waals surface area contributed by atoms with Crippen molar-refractivity contribution >= 4 is 17.2 Å². The van der Waals surface area contributed by atoms with Gasteiger partial charge in [-0.2, -0.15) is 0 Å².